The van der Waals surface area contributed by atoms with Gasteiger partial charge >= 0.3 is 0 Å². The van der Waals surface area contributed by atoms with Gasteiger partial charge in [-0.1, -0.05) is 23.9 Å². The molecule has 1 aliphatic rings. The lowest BCUT2D eigenvalue weighted by atomic mass is 10.3. The van der Waals surface area contributed by atoms with Gasteiger partial charge in [0.05, 0.1) is 19.8 Å². The van der Waals surface area contributed by atoms with Crippen molar-refractivity contribution in [1.82, 2.24) is 24.3 Å². The van der Waals surface area contributed by atoms with E-state index < -0.39 is 0 Å². The molecule has 0 radical (unpaired) electrons. The lowest BCUT2D eigenvalue weighted by Gasteiger charge is -2.26. The van der Waals surface area contributed by atoms with Crippen LogP contribution in [0.2, 0.25) is 0 Å². The highest BCUT2D eigenvalue weighted by atomic mass is 32.2. The molecule has 0 N–H and O–H groups in total. The standard InChI is InChI=1S/C17H17N5O3S/c1-3-7-21-16(23)12-8-18-17(26-2)20-15(12)22(21)13-5-4-6-14(19-13)25-11-9-24-10-11/h3-6,8,11H,1,7,9-10H2,2H3. The van der Waals surface area contributed by atoms with Crippen molar-refractivity contribution in [3.63, 3.8) is 0 Å². The summed E-state index contributed by atoms with van der Waals surface area (Å²) in [5, 5.41) is 1.02. The molecule has 1 fully saturated rings. The van der Waals surface area contributed by atoms with E-state index in [1.807, 2.05) is 18.4 Å². The Balaban J connectivity index is 1.88. The zero-order valence-corrected chi connectivity index (χ0v) is 15.0. The first-order valence-electron chi connectivity index (χ1n) is 8.06. The van der Waals surface area contributed by atoms with Crippen LogP contribution in [0.4, 0.5) is 0 Å². The summed E-state index contributed by atoms with van der Waals surface area (Å²) in [5.74, 6) is 1.02. The summed E-state index contributed by atoms with van der Waals surface area (Å²) in [6.45, 7) is 5.18. The van der Waals surface area contributed by atoms with E-state index in [2.05, 4.69) is 21.5 Å². The molecular weight excluding hydrogens is 354 g/mol. The molecule has 0 spiro atoms. The number of rotatable bonds is 6. The SMILES string of the molecule is C=CCn1c(=O)c2cnc(SC)nc2n1-c1cccc(OC2COC2)n1. The second-order valence-corrected chi connectivity index (χ2v) is 6.47. The molecule has 26 heavy (non-hydrogen) atoms. The third-order valence-electron chi connectivity index (χ3n) is 3.96. The van der Waals surface area contributed by atoms with Crippen molar-refractivity contribution in [2.24, 2.45) is 0 Å². The molecule has 3 aromatic rings. The van der Waals surface area contributed by atoms with Crippen LogP contribution in [0.1, 0.15) is 0 Å². The Hall–Kier alpha value is -2.65. The van der Waals surface area contributed by atoms with Crippen LogP contribution in [-0.2, 0) is 11.3 Å². The summed E-state index contributed by atoms with van der Waals surface area (Å²) in [6.07, 6.45) is 5.11. The molecule has 9 heteroatoms. The number of hydrogen-bond acceptors (Lipinski definition) is 7. The van der Waals surface area contributed by atoms with Gasteiger partial charge in [0.25, 0.3) is 5.56 Å². The quantitative estimate of drug-likeness (QED) is 0.370. The number of allylic oxidation sites excluding steroid dienone is 1. The van der Waals surface area contributed by atoms with Crippen LogP contribution in [0, 0.1) is 0 Å². The smallest absolute Gasteiger partial charge is 0.278 e. The second-order valence-electron chi connectivity index (χ2n) is 5.69. The maximum atomic E-state index is 12.8. The van der Waals surface area contributed by atoms with Gasteiger partial charge in [0.2, 0.25) is 5.88 Å². The van der Waals surface area contributed by atoms with Crippen molar-refractivity contribution in [1.29, 1.82) is 0 Å². The van der Waals surface area contributed by atoms with Crippen molar-refractivity contribution < 1.29 is 9.47 Å². The molecule has 8 nitrogen and oxygen atoms in total. The van der Waals surface area contributed by atoms with Crippen molar-refractivity contribution in [2.75, 3.05) is 19.5 Å². The molecule has 4 rings (SSSR count). The van der Waals surface area contributed by atoms with E-state index in [9.17, 15) is 4.79 Å². The number of nitrogens with zero attached hydrogens (tertiary/aromatic N) is 5. The highest BCUT2D eigenvalue weighted by Gasteiger charge is 2.22. The van der Waals surface area contributed by atoms with Gasteiger partial charge in [-0.25, -0.2) is 19.3 Å². The number of thioether (sulfide) groups is 1. The molecule has 0 aliphatic carbocycles. The molecule has 0 atom stereocenters. The maximum Gasteiger partial charge on any atom is 0.278 e. The second kappa shape index (κ2) is 6.93. The summed E-state index contributed by atoms with van der Waals surface area (Å²) in [5.41, 5.74) is 0.320. The van der Waals surface area contributed by atoms with Gasteiger partial charge in [-0.05, 0) is 12.3 Å². The molecule has 0 unspecified atom stereocenters. The Bertz CT molecular complexity index is 1020. The first-order chi connectivity index (χ1) is 12.7. The summed E-state index contributed by atoms with van der Waals surface area (Å²) in [7, 11) is 0. The molecule has 0 aromatic carbocycles. The molecule has 0 amide bonds. The van der Waals surface area contributed by atoms with E-state index in [0.717, 1.165) is 0 Å². The van der Waals surface area contributed by atoms with E-state index in [1.165, 1.54) is 16.4 Å². The zero-order valence-electron chi connectivity index (χ0n) is 14.2. The van der Waals surface area contributed by atoms with Crippen LogP contribution in [0.15, 0.2) is 47.0 Å². The third-order valence-corrected chi connectivity index (χ3v) is 4.52. The largest absolute Gasteiger partial charge is 0.469 e. The van der Waals surface area contributed by atoms with Crippen LogP contribution in [-0.4, -0.2) is 49.9 Å². The van der Waals surface area contributed by atoms with E-state index in [1.54, 1.807) is 23.0 Å². The number of aromatic nitrogens is 5. The molecule has 1 aliphatic heterocycles. The topological polar surface area (TPSA) is 84.1 Å². The number of hydrogen-bond donors (Lipinski definition) is 0. The fourth-order valence-corrected chi connectivity index (χ4v) is 3.01. The van der Waals surface area contributed by atoms with Gasteiger partial charge < -0.3 is 9.47 Å². The van der Waals surface area contributed by atoms with Crippen LogP contribution in [0.5, 0.6) is 5.88 Å². The van der Waals surface area contributed by atoms with Crippen LogP contribution < -0.4 is 10.3 Å². The van der Waals surface area contributed by atoms with E-state index >= 15 is 0 Å². The van der Waals surface area contributed by atoms with E-state index in [0.29, 0.717) is 47.6 Å². The van der Waals surface area contributed by atoms with Gasteiger partial charge in [-0.2, -0.15) is 4.98 Å². The number of pyridine rings is 1. The molecular formula is C17H17N5O3S. The Morgan fingerprint density at radius 3 is 2.96 bits per heavy atom. The van der Waals surface area contributed by atoms with E-state index in [4.69, 9.17) is 9.47 Å². The minimum Gasteiger partial charge on any atom is -0.469 e. The van der Waals surface area contributed by atoms with Crippen molar-refractivity contribution >= 4 is 22.8 Å². The van der Waals surface area contributed by atoms with Gasteiger partial charge in [0.15, 0.2) is 16.6 Å². The summed E-state index contributed by atoms with van der Waals surface area (Å²) >= 11 is 1.41. The minimum atomic E-state index is -0.187. The maximum absolute atomic E-state index is 12.8. The Morgan fingerprint density at radius 2 is 2.27 bits per heavy atom. The van der Waals surface area contributed by atoms with Gasteiger partial charge in [0, 0.05) is 12.3 Å². The molecule has 0 bridgehead atoms. The molecule has 3 aromatic heterocycles. The Labute approximate surface area is 153 Å². The normalized spacial score (nSPS) is 14.3. The van der Waals surface area contributed by atoms with Crippen LogP contribution >= 0.6 is 11.8 Å². The van der Waals surface area contributed by atoms with Crippen molar-refractivity contribution in [2.45, 2.75) is 17.8 Å². The van der Waals surface area contributed by atoms with Gasteiger partial charge in [0.1, 0.15) is 11.5 Å². The molecule has 134 valence electrons. The predicted octanol–water partition coefficient (Wildman–Crippen LogP) is 1.66. The highest BCUT2D eigenvalue weighted by Crippen LogP contribution is 2.20. The molecule has 4 heterocycles. The lowest BCUT2D eigenvalue weighted by Crippen LogP contribution is -2.38. The summed E-state index contributed by atoms with van der Waals surface area (Å²) < 4.78 is 14.1. The average molecular weight is 371 g/mol. The fraction of sp³-hybridized carbons (Fsp3) is 0.294. The van der Waals surface area contributed by atoms with Crippen molar-refractivity contribution in [3.8, 4) is 11.7 Å². The van der Waals surface area contributed by atoms with Gasteiger partial charge in [-0.15, -0.1) is 6.58 Å². The van der Waals surface area contributed by atoms with Crippen LogP contribution in [0.25, 0.3) is 16.9 Å². The summed E-state index contributed by atoms with van der Waals surface area (Å²) in [4.78, 5) is 26.0. The number of ether oxygens (including phenoxy) is 2. The first-order valence-corrected chi connectivity index (χ1v) is 9.29. The highest BCUT2D eigenvalue weighted by molar-refractivity contribution is 7.98. The van der Waals surface area contributed by atoms with Crippen molar-refractivity contribution in [3.05, 3.63) is 47.4 Å². The monoisotopic (exact) mass is 371 g/mol. The third kappa shape index (κ3) is 2.89. The van der Waals surface area contributed by atoms with E-state index in [-0.39, 0.29) is 11.7 Å². The zero-order chi connectivity index (χ0) is 18.1. The Morgan fingerprint density at radius 1 is 1.42 bits per heavy atom. The minimum absolute atomic E-state index is 0.0138. The Kier molecular flexibility index (Phi) is 4.48. The molecule has 0 saturated carbocycles. The summed E-state index contributed by atoms with van der Waals surface area (Å²) in [6, 6.07) is 5.43. The lowest BCUT2D eigenvalue weighted by molar-refractivity contribution is -0.0813. The molecule has 1 saturated heterocycles. The fourth-order valence-electron chi connectivity index (χ4n) is 2.67. The number of fused-ring (bicyclic) bond motifs is 1. The predicted molar refractivity (Wildman–Crippen MR) is 98.1 cm³/mol. The van der Waals surface area contributed by atoms with Gasteiger partial charge in [-0.3, -0.25) is 4.79 Å². The average Bonchev–Trinajstić information content (AvgIpc) is 2.90. The van der Waals surface area contributed by atoms with Crippen LogP contribution in [0.3, 0.4) is 0 Å². The first kappa shape index (κ1) is 16.8.